The Morgan fingerprint density at radius 2 is 1.82 bits per heavy atom. The van der Waals surface area contributed by atoms with E-state index in [0.717, 1.165) is 16.8 Å². The largest absolute Gasteiger partial charge is 0.493 e. The van der Waals surface area contributed by atoms with Gasteiger partial charge in [0.1, 0.15) is 5.69 Å². The monoisotopic (exact) mass is 378 g/mol. The Labute approximate surface area is 163 Å². The number of methoxy groups -OCH3 is 2. The summed E-state index contributed by atoms with van der Waals surface area (Å²) in [5.41, 5.74) is 2.78. The number of carbonyl (C=O) groups is 1. The van der Waals surface area contributed by atoms with Gasteiger partial charge in [-0.2, -0.15) is 0 Å². The molecule has 7 heteroatoms. The molecule has 1 saturated heterocycles. The van der Waals surface area contributed by atoms with Gasteiger partial charge >= 0.3 is 0 Å². The summed E-state index contributed by atoms with van der Waals surface area (Å²) in [5.74, 6) is 1.38. The van der Waals surface area contributed by atoms with Crippen molar-refractivity contribution in [3.63, 3.8) is 0 Å². The number of carbonyl (C=O) groups excluding carboxylic acids is 1. The predicted octanol–water partition coefficient (Wildman–Crippen LogP) is 2.59. The Morgan fingerprint density at radius 1 is 1.07 bits per heavy atom. The molecule has 0 spiro atoms. The van der Waals surface area contributed by atoms with Crippen molar-refractivity contribution in [2.75, 3.05) is 27.3 Å². The molecule has 4 rings (SSSR count). The lowest BCUT2D eigenvalue weighted by molar-refractivity contribution is -0.136. The van der Waals surface area contributed by atoms with Crippen LogP contribution in [0.4, 0.5) is 0 Å². The van der Waals surface area contributed by atoms with E-state index in [9.17, 15) is 4.79 Å². The van der Waals surface area contributed by atoms with Crippen molar-refractivity contribution in [1.82, 2.24) is 19.9 Å². The van der Waals surface area contributed by atoms with Crippen LogP contribution < -0.4 is 9.47 Å². The van der Waals surface area contributed by atoms with Gasteiger partial charge in [0.2, 0.25) is 5.91 Å². The quantitative estimate of drug-likeness (QED) is 0.659. The van der Waals surface area contributed by atoms with Gasteiger partial charge in [0.25, 0.3) is 0 Å². The molecule has 2 aromatic carbocycles. The highest BCUT2D eigenvalue weighted by Gasteiger charge is 2.32. The van der Waals surface area contributed by atoms with Gasteiger partial charge in [-0.15, -0.1) is 5.10 Å². The first kappa shape index (κ1) is 18.0. The van der Waals surface area contributed by atoms with Crippen LogP contribution in [0.2, 0.25) is 0 Å². The van der Waals surface area contributed by atoms with Gasteiger partial charge in [0.05, 0.1) is 32.9 Å². The van der Waals surface area contributed by atoms with Crippen molar-refractivity contribution in [3.8, 4) is 22.8 Å². The number of benzene rings is 2. The minimum atomic E-state index is 0.0897. The van der Waals surface area contributed by atoms with E-state index in [0.29, 0.717) is 31.0 Å². The number of aromatic nitrogens is 3. The zero-order valence-electron chi connectivity index (χ0n) is 15.9. The minimum absolute atomic E-state index is 0.0897. The van der Waals surface area contributed by atoms with E-state index >= 15 is 0 Å². The zero-order valence-corrected chi connectivity index (χ0v) is 15.9. The third-order valence-corrected chi connectivity index (χ3v) is 4.97. The summed E-state index contributed by atoms with van der Waals surface area (Å²) >= 11 is 0. The van der Waals surface area contributed by atoms with Crippen molar-refractivity contribution >= 4 is 5.91 Å². The van der Waals surface area contributed by atoms with Crippen molar-refractivity contribution in [1.29, 1.82) is 0 Å². The van der Waals surface area contributed by atoms with Crippen LogP contribution in [0.3, 0.4) is 0 Å². The zero-order chi connectivity index (χ0) is 19.5. The standard InChI is InChI=1S/C21H22N4O3/c1-27-19-9-8-15(10-20(19)28-2)11-21(26)24-12-17(13-24)25-14-18(22-23-25)16-6-4-3-5-7-16/h3-10,14,17H,11-13H2,1-2H3. The van der Waals surface area contributed by atoms with Crippen LogP contribution in [-0.2, 0) is 11.2 Å². The molecule has 0 bridgehead atoms. The number of hydrogen-bond acceptors (Lipinski definition) is 5. The first-order valence-electron chi connectivity index (χ1n) is 9.14. The highest BCUT2D eigenvalue weighted by molar-refractivity contribution is 5.79. The third kappa shape index (κ3) is 3.55. The second-order valence-corrected chi connectivity index (χ2v) is 6.77. The molecule has 0 saturated carbocycles. The Balaban J connectivity index is 1.35. The second kappa shape index (κ2) is 7.72. The Bertz CT molecular complexity index is 965. The summed E-state index contributed by atoms with van der Waals surface area (Å²) in [4.78, 5) is 14.4. The van der Waals surface area contributed by atoms with Crippen LogP contribution in [-0.4, -0.2) is 53.1 Å². The number of likely N-dealkylation sites (tertiary alicyclic amines) is 1. The van der Waals surface area contributed by atoms with Gasteiger partial charge in [-0.1, -0.05) is 41.6 Å². The van der Waals surface area contributed by atoms with Gasteiger partial charge in [0.15, 0.2) is 11.5 Å². The predicted molar refractivity (Wildman–Crippen MR) is 104 cm³/mol. The molecule has 0 aliphatic carbocycles. The van der Waals surface area contributed by atoms with Crippen LogP contribution in [0.15, 0.2) is 54.7 Å². The van der Waals surface area contributed by atoms with E-state index < -0.39 is 0 Å². The van der Waals surface area contributed by atoms with E-state index in [1.54, 1.807) is 14.2 Å². The molecule has 3 aromatic rings. The lowest BCUT2D eigenvalue weighted by Gasteiger charge is -2.39. The van der Waals surface area contributed by atoms with E-state index in [-0.39, 0.29) is 11.9 Å². The number of hydrogen-bond donors (Lipinski definition) is 0. The molecule has 28 heavy (non-hydrogen) atoms. The molecular weight excluding hydrogens is 356 g/mol. The SMILES string of the molecule is COc1ccc(CC(=O)N2CC(n3cc(-c4ccccc4)nn3)C2)cc1OC. The Kier molecular flexibility index (Phi) is 4.97. The van der Waals surface area contributed by atoms with Crippen LogP contribution in [0.1, 0.15) is 11.6 Å². The molecule has 144 valence electrons. The molecule has 0 unspecified atom stereocenters. The van der Waals surface area contributed by atoms with Gasteiger partial charge in [-0.25, -0.2) is 4.68 Å². The first-order valence-corrected chi connectivity index (χ1v) is 9.14. The maximum atomic E-state index is 12.6. The van der Waals surface area contributed by atoms with E-state index in [2.05, 4.69) is 10.3 Å². The van der Waals surface area contributed by atoms with Crippen LogP contribution in [0.25, 0.3) is 11.3 Å². The van der Waals surface area contributed by atoms with Gasteiger partial charge in [-0.05, 0) is 17.7 Å². The molecule has 1 fully saturated rings. The van der Waals surface area contributed by atoms with E-state index in [1.165, 1.54) is 0 Å². The van der Waals surface area contributed by atoms with Crippen LogP contribution in [0, 0.1) is 0 Å². The highest BCUT2D eigenvalue weighted by atomic mass is 16.5. The normalized spacial score (nSPS) is 13.9. The van der Waals surface area contributed by atoms with E-state index in [1.807, 2.05) is 64.3 Å². The summed E-state index contributed by atoms with van der Waals surface area (Å²) in [6.45, 7) is 1.29. The Hall–Kier alpha value is -3.35. The molecule has 0 radical (unpaired) electrons. The average Bonchev–Trinajstić information content (AvgIpc) is 3.17. The molecule has 1 aliphatic rings. The van der Waals surface area contributed by atoms with Crippen molar-refractivity contribution < 1.29 is 14.3 Å². The topological polar surface area (TPSA) is 69.5 Å². The van der Waals surface area contributed by atoms with E-state index in [4.69, 9.17) is 9.47 Å². The van der Waals surface area contributed by atoms with Gasteiger partial charge < -0.3 is 14.4 Å². The average molecular weight is 378 g/mol. The number of ether oxygens (including phenoxy) is 2. The van der Waals surface area contributed by atoms with Crippen molar-refractivity contribution in [2.24, 2.45) is 0 Å². The smallest absolute Gasteiger partial charge is 0.227 e. The first-order chi connectivity index (χ1) is 13.7. The highest BCUT2D eigenvalue weighted by Crippen LogP contribution is 2.29. The summed E-state index contributed by atoms with van der Waals surface area (Å²) in [5, 5.41) is 8.48. The molecule has 7 nitrogen and oxygen atoms in total. The second-order valence-electron chi connectivity index (χ2n) is 6.77. The summed E-state index contributed by atoms with van der Waals surface area (Å²) in [6.07, 6.45) is 2.27. The molecule has 0 N–H and O–H groups in total. The fourth-order valence-electron chi connectivity index (χ4n) is 3.30. The fraction of sp³-hybridized carbons (Fsp3) is 0.286. The maximum absolute atomic E-state index is 12.6. The summed E-state index contributed by atoms with van der Waals surface area (Å²) in [7, 11) is 3.18. The molecule has 0 atom stereocenters. The van der Waals surface area contributed by atoms with Gasteiger partial charge in [-0.3, -0.25) is 4.79 Å². The molecular formula is C21H22N4O3. The molecule has 1 aromatic heterocycles. The van der Waals surface area contributed by atoms with Crippen molar-refractivity contribution in [2.45, 2.75) is 12.5 Å². The molecule has 1 aliphatic heterocycles. The minimum Gasteiger partial charge on any atom is -0.493 e. The Morgan fingerprint density at radius 3 is 2.54 bits per heavy atom. The number of rotatable bonds is 6. The third-order valence-electron chi connectivity index (χ3n) is 4.97. The number of amides is 1. The fourth-order valence-corrected chi connectivity index (χ4v) is 3.30. The van der Waals surface area contributed by atoms with Crippen LogP contribution in [0.5, 0.6) is 11.5 Å². The lowest BCUT2D eigenvalue weighted by Crippen LogP contribution is -2.51. The molecule has 2 heterocycles. The van der Waals surface area contributed by atoms with Crippen LogP contribution >= 0.6 is 0 Å². The lowest BCUT2D eigenvalue weighted by atomic mass is 10.1. The summed E-state index contributed by atoms with van der Waals surface area (Å²) < 4.78 is 12.4. The van der Waals surface area contributed by atoms with Gasteiger partial charge in [0, 0.05) is 18.7 Å². The maximum Gasteiger partial charge on any atom is 0.227 e. The summed E-state index contributed by atoms with van der Waals surface area (Å²) in [6, 6.07) is 15.7. The van der Waals surface area contributed by atoms with Crippen molar-refractivity contribution in [3.05, 3.63) is 60.3 Å². The number of nitrogens with zero attached hydrogens (tertiary/aromatic N) is 4. The molecule has 1 amide bonds.